The normalized spacial score (nSPS) is 12.9. The highest BCUT2D eigenvalue weighted by Gasteiger charge is 2.15. The van der Waals surface area contributed by atoms with Crippen molar-refractivity contribution in [3.8, 4) is 0 Å². The maximum absolute atomic E-state index is 13.0. The van der Waals surface area contributed by atoms with Gasteiger partial charge in [0.15, 0.2) is 3.77 Å². The molecule has 2 rings (SSSR count). The maximum Gasteiger partial charge on any atom is 0.164 e. The van der Waals surface area contributed by atoms with E-state index in [1.807, 2.05) is 24.3 Å². The number of furan rings is 1. The molecule has 102 valence electrons. The van der Waals surface area contributed by atoms with Crippen LogP contribution in [0.1, 0.15) is 31.2 Å². The first-order chi connectivity index (χ1) is 9.06. The smallest absolute Gasteiger partial charge is 0.164 e. The summed E-state index contributed by atoms with van der Waals surface area (Å²) in [7, 11) is 0. The summed E-state index contributed by atoms with van der Waals surface area (Å²) < 4.78 is 19.4. The molecule has 1 aromatic carbocycles. The minimum absolute atomic E-state index is 0.184. The Morgan fingerprint density at radius 2 is 1.84 bits per heavy atom. The lowest BCUT2D eigenvalue weighted by molar-refractivity contribution is 0.379. The third kappa shape index (κ3) is 4.04. The number of benzene rings is 1. The van der Waals surface area contributed by atoms with Crippen molar-refractivity contribution in [3.63, 3.8) is 0 Å². The fraction of sp³-hybridized carbons (Fsp3) is 0.333. The lowest BCUT2D eigenvalue weighted by Crippen LogP contribution is -2.25. The van der Waals surface area contributed by atoms with Crippen LogP contribution >= 0.6 is 22.6 Å². The Labute approximate surface area is 126 Å². The summed E-state index contributed by atoms with van der Waals surface area (Å²) in [6.07, 6.45) is 0. The molecule has 2 aromatic rings. The maximum atomic E-state index is 13.0. The summed E-state index contributed by atoms with van der Waals surface area (Å²) in [4.78, 5) is 0. The van der Waals surface area contributed by atoms with Crippen molar-refractivity contribution in [1.29, 1.82) is 0 Å². The van der Waals surface area contributed by atoms with Crippen LogP contribution in [-0.4, -0.2) is 0 Å². The molecule has 0 radical (unpaired) electrons. The topological polar surface area (TPSA) is 25.2 Å². The molecular weight excluding hydrogens is 356 g/mol. The van der Waals surface area contributed by atoms with Crippen LogP contribution < -0.4 is 5.32 Å². The summed E-state index contributed by atoms with van der Waals surface area (Å²) in [5.41, 5.74) is 1.10. The van der Waals surface area contributed by atoms with Crippen molar-refractivity contribution in [2.24, 2.45) is 5.92 Å². The van der Waals surface area contributed by atoms with Crippen molar-refractivity contribution < 1.29 is 8.81 Å². The van der Waals surface area contributed by atoms with E-state index in [-0.39, 0.29) is 11.9 Å². The van der Waals surface area contributed by atoms with Gasteiger partial charge in [-0.05, 0) is 58.3 Å². The van der Waals surface area contributed by atoms with Gasteiger partial charge in [0.05, 0.1) is 6.54 Å². The minimum atomic E-state index is -0.202. The van der Waals surface area contributed by atoms with Gasteiger partial charge in [-0.25, -0.2) is 4.39 Å². The molecule has 4 heteroatoms. The fourth-order valence-electron chi connectivity index (χ4n) is 2.07. The van der Waals surface area contributed by atoms with Crippen LogP contribution in [0.15, 0.2) is 40.8 Å². The highest BCUT2D eigenvalue weighted by Crippen LogP contribution is 2.22. The second-order valence-electron chi connectivity index (χ2n) is 4.86. The Balaban J connectivity index is 2.06. The summed E-state index contributed by atoms with van der Waals surface area (Å²) >= 11 is 2.15. The van der Waals surface area contributed by atoms with Crippen LogP contribution in [-0.2, 0) is 6.54 Å². The molecule has 1 N–H and O–H groups in total. The Morgan fingerprint density at radius 3 is 2.37 bits per heavy atom. The molecule has 0 aliphatic heterocycles. The molecular formula is C15H17FINO. The van der Waals surface area contributed by atoms with Crippen LogP contribution in [0.3, 0.4) is 0 Å². The van der Waals surface area contributed by atoms with Crippen molar-refractivity contribution in [2.75, 3.05) is 0 Å². The molecule has 0 aliphatic rings. The van der Waals surface area contributed by atoms with E-state index in [1.54, 1.807) is 0 Å². The SMILES string of the molecule is CC(C)C(NCc1ccc(I)o1)c1ccc(F)cc1. The van der Waals surface area contributed by atoms with E-state index in [2.05, 4.69) is 41.8 Å². The van der Waals surface area contributed by atoms with Crippen LogP contribution in [0, 0.1) is 15.5 Å². The standard InChI is InChI=1S/C15H17FINO/c1-10(2)15(11-3-5-12(16)6-4-11)18-9-13-7-8-14(17)19-13/h3-8,10,15,18H,9H2,1-2H3. The first-order valence-electron chi connectivity index (χ1n) is 6.29. The number of hydrogen-bond acceptors (Lipinski definition) is 2. The summed E-state index contributed by atoms with van der Waals surface area (Å²) in [6.45, 7) is 4.96. The predicted molar refractivity (Wildman–Crippen MR) is 82.2 cm³/mol. The van der Waals surface area contributed by atoms with E-state index in [9.17, 15) is 4.39 Å². The zero-order chi connectivity index (χ0) is 13.8. The summed E-state index contributed by atoms with van der Waals surface area (Å²) in [5.74, 6) is 1.13. The van der Waals surface area contributed by atoms with Gasteiger partial charge in [0, 0.05) is 6.04 Å². The number of rotatable bonds is 5. The first-order valence-corrected chi connectivity index (χ1v) is 7.37. The molecule has 0 saturated carbocycles. The zero-order valence-electron chi connectivity index (χ0n) is 11.0. The monoisotopic (exact) mass is 373 g/mol. The van der Waals surface area contributed by atoms with E-state index in [1.165, 1.54) is 12.1 Å². The van der Waals surface area contributed by atoms with Crippen molar-refractivity contribution in [3.05, 3.63) is 57.3 Å². The average molecular weight is 373 g/mol. The van der Waals surface area contributed by atoms with E-state index >= 15 is 0 Å². The van der Waals surface area contributed by atoms with Gasteiger partial charge in [-0.1, -0.05) is 26.0 Å². The van der Waals surface area contributed by atoms with Crippen LogP contribution in [0.25, 0.3) is 0 Å². The third-order valence-corrected chi connectivity index (χ3v) is 3.60. The van der Waals surface area contributed by atoms with Gasteiger partial charge in [-0.3, -0.25) is 0 Å². The summed E-state index contributed by atoms with van der Waals surface area (Å²) in [5, 5.41) is 3.47. The van der Waals surface area contributed by atoms with Crippen LogP contribution in [0.5, 0.6) is 0 Å². The molecule has 1 aromatic heterocycles. The predicted octanol–water partition coefficient (Wildman–Crippen LogP) is 4.51. The lowest BCUT2D eigenvalue weighted by atomic mass is 9.96. The lowest BCUT2D eigenvalue weighted by Gasteiger charge is -2.22. The highest BCUT2D eigenvalue weighted by atomic mass is 127. The van der Waals surface area contributed by atoms with Gasteiger partial charge >= 0.3 is 0 Å². The van der Waals surface area contributed by atoms with E-state index in [4.69, 9.17) is 4.42 Å². The molecule has 0 aliphatic carbocycles. The van der Waals surface area contributed by atoms with E-state index < -0.39 is 0 Å². The number of hydrogen-bond donors (Lipinski definition) is 1. The molecule has 0 fully saturated rings. The Bertz CT molecular complexity index is 521. The molecule has 0 amide bonds. The van der Waals surface area contributed by atoms with Gasteiger partial charge in [0.1, 0.15) is 11.6 Å². The van der Waals surface area contributed by atoms with Gasteiger partial charge in [0.2, 0.25) is 0 Å². The zero-order valence-corrected chi connectivity index (χ0v) is 13.1. The Kier molecular flexibility index (Phi) is 4.99. The molecule has 19 heavy (non-hydrogen) atoms. The quantitative estimate of drug-likeness (QED) is 0.781. The van der Waals surface area contributed by atoms with Gasteiger partial charge < -0.3 is 9.73 Å². The van der Waals surface area contributed by atoms with Gasteiger partial charge in [-0.2, -0.15) is 0 Å². The fourth-order valence-corrected chi connectivity index (χ4v) is 2.53. The van der Waals surface area contributed by atoms with Gasteiger partial charge in [-0.15, -0.1) is 0 Å². The van der Waals surface area contributed by atoms with Crippen LogP contribution in [0.4, 0.5) is 4.39 Å². The minimum Gasteiger partial charge on any atom is -0.454 e. The average Bonchev–Trinajstić information content (AvgIpc) is 2.77. The second kappa shape index (κ2) is 6.52. The Morgan fingerprint density at radius 1 is 1.16 bits per heavy atom. The number of nitrogens with one attached hydrogen (secondary N) is 1. The van der Waals surface area contributed by atoms with Gasteiger partial charge in [0.25, 0.3) is 0 Å². The van der Waals surface area contributed by atoms with Crippen LogP contribution in [0.2, 0.25) is 0 Å². The molecule has 0 bridgehead atoms. The molecule has 1 heterocycles. The van der Waals surface area contributed by atoms with Crippen molar-refractivity contribution >= 4 is 22.6 Å². The molecule has 0 spiro atoms. The largest absolute Gasteiger partial charge is 0.454 e. The Hall–Kier alpha value is -0.880. The van der Waals surface area contributed by atoms with Crippen molar-refractivity contribution in [1.82, 2.24) is 5.32 Å². The highest BCUT2D eigenvalue weighted by molar-refractivity contribution is 14.1. The molecule has 2 nitrogen and oxygen atoms in total. The number of halogens is 2. The summed E-state index contributed by atoms with van der Waals surface area (Å²) in [6, 6.07) is 10.8. The third-order valence-electron chi connectivity index (χ3n) is 3.02. The molecule has 0 saturated heterocycles. The first kappa shape index (κ1) is 14.5. The van der Waals surface area contributed by atoms with E-state index in [0.717, 1.165) is 15.1 Å². The second-order valence-corrected chi connectivity index (χ2v) is 5.92. The molecule has 1 unspecified atom stereocenters. The van der Waals surface area contributed by atoms with Crippen molar-refractivity contribution in [2.45, 2.75) is 26.4 Å². The van der Waals surface area contributed by atoms with E-state index in [0.29, 0.717) is 12.5 Å². The molecule has 1 atom stereocenters.